The molecule has 0 aliphatic heterocycles. The summed E-state index contributed by atoms with van der Waals surface area (Å²) in [6.45, 7) is 2.74. The van der Waals surface area contributed by atoms with Crippen molar-refractivity contribution in [3.63, 3.8) is 0 Å². The van der Waals surface area contributed by atoms with E-state index >= 15 is 0 Å². The van der Waals surface area contributed by atoms with Crippen LogP contribution in [0, 0.1) is 0 Å². The van der Waals surface area contributed by atoms with Crippen molar-refractivity contribution in [2.45, 2.75) is 32.4 Å². The molecule has 0 fully saturated rings. The van der Waals surface area contributed by atoms with Crippen molar-refractivity contribution >= 4 is 17.1 Å². The summed E-state index contributed by atoms with van der Waals surface area (Å²) in [5.74, 6) is -0.251. The van der Waals surface area contributed by atoms with E-state index in [1.807, 2.05) is 24.3 Å². The molecule has 0 bridgehead atoms. The average molecular weight is 453 g/mol. The molecule has 3 aromatic heterocycles. The number of hydrogen-bond acceptors (Lipinski definition) is 7. The van der Waals surface area contributed by atoms with E-state index in [2.05, 4.69) is 9.97 Å². The molecule has 0 saturated carbocycles. The molecule has 11 heteroatoms. The Kier molecular flexibility index (Phi) is 5.40. The molecule has 3 heterocycles. The van der Waals surface area contributed by atoms with Gasteiger partial charge in [0.05, 0.1) is 13.3 Å². The Hall–Kier alpha value is -4.15. The minimum atomic E-state index is -1.79. The maximum Gasteiger partial charge on any atom is 0.333 e. The van der Waals surface area contributed by atoms with Crippen molar-refractivity contribution in [1.82, 2.24) is 23.7 Å². The lowest BCUT2D eigenvalue weighted by Gasteiger charge is -2.23. The largest absolute Gasteiger partial charge is 0.496 e. The minimum Gasteiger partial charge on any atom is -0.496 e. The highest BCUT2D eigenvalue weighted by Crippen LogP contribution is 2.22. The molecule has 4 rings (SSSR count). The highest BCUT2D eigenvalue weighted by Gasteiger charge is 2.35. The van der Waals surface area contributed by atoms with E-state index in [1.54, 1.807) is 14.2 Å². The lowest BCUT2D eigenvalue weighted by Crippen LogP contribution is -2.53. The second-order valence-corrected chi connectivity index (χ2v) is 8.00. The summed E-state index contributed by atoms with van der Waals surface area (Å²) in [5.41, 5.74) is -2.29. The number of benzene rings is 1. The van der Waals surface area contributed by atoms with Crippen molar-refractivity contribution in [1.29, 1.82) is 0 Å². The molecule has 0 saturated heterocycles. The van der Waals surface area contributed by atoms with Gasteiger partial charge in [-0.05, 0) is 31.9 Å². The van der Waals surface area contributed by atoms with Gasteiger partial charge in [-0.1, -0.05) is 18.2 Å². The molecule has 0 radical (unpaired) electrons. The summed E-state index contributed by atoms with van der Waals surface area (Å²) in [5, 5.41) is 9.74. The molecule has 0 aliphatic carbocycles. The van der Waals surface area contributed by atoms with Gasteiger partial charge < -0.3 is 18.8 Å². The van der Waals surface area contributed by atoms with Gasteiger partial charge in [0.25, 0.3) is 11.4 Å². The van der Waals surface area contributed by atoms with Crippen LogP contribution in [-0.2, 0) is 30.3 Å². The number of rotatable bonds is 7. The Balaban J connectivity index is 1.99. The Morgan fingerprint density at radius 3 is 2.61 bits per heavy atom. The fraction of sp³-hybridized carbons (Fsp3) is 0.318. The number of carbonyl (C=O) groups is 1. The second-order valence-electron chi connectivity index (χ2n) is 8.00. The first-order valence-corrected chi connectivity index (χ1v) is 10.2. The van der Waals surface area contributed by atoms with Gasteiger partial charge in [0.2, 0.25) is 0 Å². The van der Waals surface area contributed by atoms with E-state index in [-0.39, 0.29) is 29.4 Å². The Bertz CT molecular complexity index is 1460. The number of carboxylic acids is 1. The number of hydrogen-bond donors (Lipinski definition) is 1. The van der Waals surface area contributed by atoms with Crippen molar-refractivity contribution in [3.8, 4) is 17.5 Å². The van der Waals surface area contributed by atoms with Gasteiger partial charge in [0, 0.05) is 13.6 Å². The van der Waals surface area contributed by atoms with Crippen LogP contribution < -0.4 is 16.0 Å². The van der Waals surface area contributed by atoms with Crippen LogP contribution in [0.5, 0.6) is 5.75 Å². The lowest BCUT2D eigenvalue weighted by atomic mass is 10.1. The number of nitrogens with zero attached hydrogens (tertiary/aromatic N) is 5. The molecule has 0 amide bonds. The van der Waals surface area contributed by atoms with E-state index in [0.717, 1.165) is 10.1 Å². The Morgan fingerprint density at radius 1 is 1.24 bits per heavy atom. The number of aryl methyl sites for hydroxylation is 3. The molecule has 0 spiro atoms. The topological polar surface area (TPSA) is 134 Å². The van der Waals surface area contributed by atoms with Crippen LogP contribution in [-0.4, -0.2) is 41.9 Å². The van der Waals surface area contributed by atoms with E-state index in [0.29, 0.717) is 12.2 Å². The molecule has 11 nitrogen and oxygen atoms in total. The molecule has 1 aromatic carbocycles. The summed E-state index contributed by atoms with van der Waals surface area (Å²) in [6.07, 6.45) is 3.19. The third kappa shape index (κ3) is 3.51. The van der Waals surface area contributed by atoms with Crippen LogP contribution in [0.15, 0.2) is 50.7 Å². The zero-order chi connectivity index (χ0) is 23.9. The maximum absolute atomic E-state index is 13.5. The fourth-order valence-electron chi connectivity index (χ4n) is 3.77. The van der Waals surface area contributed by atoms with Gasteiger partial charge in [0.1, 0.15) is 17.6 Å². The lowest BCUT2D eigenvalue weighted by molar-refractivity contribution is -0.146. The SMILES string of the molecule is COc1ccccc1CCn1c(=O)n(C(C)(C)C(=O)O)c(=O)c2c1nc(-c1ncco1)n2C. The first-order chi connectivity index (χ1) is 15.7. The van der Waals surface area contributed by atoms with Gasteiger partial charge in [-0.3, -0.25) is 9.36 Å². The molecule has 33 heavy (non-hydrogen) atoms. The zero-order valence-electron chi connectivity index (χ0n) is 18.6. The number of para-hydroxylation sites is 1. The van der Waals surface area contributed by atoms with E-state index in [9.17, 15) is 19.5 Å². The summed E-state index contributed by atoms with van der Waals surface area (Å²) in [4.78, 5) is 47.4. The number of aliphatic carboxylic acids is 1. The summed E-state index contributed by atoms with van der Waals surface area (Å²) in [7, 11) is 3.14. The molecule has 172 valence electrons. The molecule has 1 N–H and O–H groups in total. The molecular weight excluding hydrogens is 430 g/mol. The van der Waals surface area contributed by atoms with Crippen LogP contribution in [0.2, 0.25) is 0 Å². The first kappa shape index (κ1) is 22.1. The zero-order valence-corrected chi connectivity index (χ0v) is 18.6. The Labute approximate surface area is 187 Å². The van der Waals surface area contributed by atoms with Crippen molar-refractivity contribution < 1.29 is 19.1 Å². The van der Waals surface area contributed by atoms with Gasteiger partial charge in [0.15, 0.2) is 17.0 Å². The minimum absolute atomic E-state index is 0.0668. The molecule has 0 aliphatic rings. The second kappa shape index (κ2) is 8.08. The van der Waals surface area contributed by atoms with Crippen molar-refractivity contribution in [2.75, 3.05) is 7.11 Å². The molecular formula is C22H23N5O6. The number of ether oxygens (including phenoxy) is 1. The summed E-state index contributed by atoms with van der Waals surface area (Å²) >= 11 is 0. The van der Waals surface area contributed by atoms with Gasteiger partial charge in [-0.15, -0.1) is 0 Å². The monoisotopic (exact) mass is 453 g/mol. The number of carboxylic acid groups (broad SMARTS) is 1. The molecule has 0 unspecified atom stereocenters. The summed E-state index contributed by atoms with van der Waals surface area (Å²) in [6, 6.07) is 7.37. The van der Waals surface area contributed by atoms with Crippen molar-refractivity contribution in [3.05, 3.63) is 63.1 Å². The normalized spacial score (nSPS) is 11.8. The number of fused-ring (bicyclic) bond motifs is 1. The third-order valence-electron chi connectivity index (χ3n) is 5.66. The fourth-order valence-corrected chi connectivity index (χ4v) is 3.77. The number of imidazole rings is 1. The van der Waals surface area contributed by atoms with Crippen LogP contribution in [0.3, 0.4) is 0 Å². The number of aromatic nitrogens is 5. The third-order valence-corrected chi connectivity index (χ3v) is 5.66. The number of methoxy groups -OCH3 is 1. The van der Waals surface area contributed by atoms with Gasteiger partial charge >= 0.3 is 11.7 Å². The average Bonchev–Trinajstić information content (AvgIpc) is 3.41. The Morgan fingerprint density at radius 2 is 1.97 bits per heavy atom. The van der Waals surface area contributed by atoms with Crippen LogP contribution >= 0.6 is 0 Å². The molecule has 0 atom stereocenters. The van der Waals surface area contributed by atoms with Gasteiger partial charge in [-0.2, -0.15) is 0 Å². The smallest absolute Gasteiger partial charge is 0.333 e. The predicted octanol–water partition coefficient (Wildman–Crippen LogP) is 1.62. The van der Waals surface area contributed by atoms with Crippen molar-refractivity contribution in [2.24, 2.45) is 7.05 Å². The van der Waals surface area contributed by atoms with Crippen LogP contribution in [0.4, 0.5) is 0 Å². The highest BCUT2D eigenvalue weighted by molar-refractivity contribution is 5.78. The van der Waals surface area contributed by atoms with E-state index < -0.39 is 22.8 Å². The van der Waals surface area contributed by atoms with E-state index in [4.69, 9.17) is 9.15 Å². The maximum atomic E-state index is 13.5. The summed E-state index contributed by atoms with van der Waals surface area (Å²) < 4.78 is 14.2. The van der Waals surface area contributed by atoms with Crippen LogP contribution in [0.1, 0.15) is 19.4 Å². The van der Waals surface area contributed by atoms with Crippen LogP contribution in [0.25, 0.3) is 22.9 Å². The standard InChI is InChI=1S/C22H23N5O6/c1-22(2,20(29)30)27-19(28)15-16(24-17(25(15)3)18-23-10-12-33-18)26(21(27)31)11-9-13-7-5-6-8-14(13)32-4/h5-8,10,12H,9,11H2,1-4H3,(H,29,30). The molecule has 4 aromatic rings. The quantitative estimate of drug-likeness (QED) is 0.446. The van der Waals surface area contributed by atoms with Gasteiger partial charge in [-0.25, -0.2) is 24.1 Å². The van der Waals surface area contributed by atoms with E-state index in [1.165, 1.54) is 35.4 Å². The highest BCUT2D eigenvalue weighted by atomic mass is 16.5. The predicted molar refractivity (Wildman–Crippen MR) is 118 cm³/mol. The number of oxazole rings is 1. The first-order valence-electron chi connectivity index (χ1n) is 10.2.